The normalized spacial score (nSPS) is 23.3. The lowest BCUT2D eigenvalue weighted by atomic mass is 9.77. The van der Waals surface area contributed by atoms with Gasteiger partial charge in [-0.05, 0) is 39.7 Å². The van der Waals surface area contributed by atoms with Crippen LogP contribution >= 0.6 is 0 Å². The van der Waals surface area contributed by atoms with Crippen LogP contribution in [0.1, 0.15) is 43.5 Å². The van der Waals surface area contributed by atoms with Crippen molar-refractivity contribution in [1.29, 1.82) is 0 Å². The van der Waals surface area contributed by atoms with Crippen molar-refractivity contribution in [3.63, 3.8) is 0 Å². The smallest absolute Gasteiger partial charge is 0.227 e. The lowest BCUT2D eigenvalue weighted by molar-refractivity contribution is -0.132. The lowest BCUT2D eigenvalue weighted by Gasteiger charge is -2.35. The molecule has 1 aliphatic rings. The maximum atomic E-state index is 12.4. The van der Waals surface area contributed by atoms with Crippen molar-refractivity contribution in [3.8, 4) is 0 Å². The van der Waals surface area contributed by atoms with E-state index in [2.05, 4.69) is 22.5 Å². The van der Waals surface area contributed by atoms with Gasteiger partial charge in [0.15, 0.2) is 0 Å². The minimum Gasteiger partial charge on any atom is -0.444 e. The van der Waals surface area contributed by atoms with Gasteiger partial charge in [0, 0.05) is 6.54 Å². The molecule has 2 rings (SSSR count). The first kappa shape index (κ1) is 14.1. The number of carbonyl (C=O) groups is 1. The van der Waals surface area contributed by atoms with E-state index in [1.807, 2.05) is 13.8 Å². The Morgan fingerprint density at radius 2 is 2.32 bits per heavy atom. The second-order valence-corrected chi connectivity index (χ2v) is 5.35. The largest absolute Gasteiger partial charge is 0.444 e. The minimum absolute atomic E-state index is 0.107. The van der Waals surface area contributed by atoms with Crippen molar-refractivity contribution in [3.05, 3.63) is 17.3 Å². The minimum atomic E-state index is -0.269. The highest BCUT2D eigenvalue weighted by atomic mass is 16.4. The quantitative estimate of drug-likeness (QED) is 0.869. The van der Waals surface area contributed by atoms with E-state index in [9.17, 15) is 4.79 Å². The lowest BCUT2D eigenvalue weighted by Crippen LogP contribution is -2.50. The number of nitrogens with zero attached hydrogens (tertiary/aromatic N) is 1. The third-order valence-electron chi connectivity index (χ3n) is 4.10. The Bertz CT molecular complexity index is 428. The Morgan fingerprint density at radius 1 is 1.53 bits per heavy atom. The maximum absolute atomic E-state index is 12.4. The van der Waals surface area contributed by atoms with Crippen LogP contribution in [-0.4, -0.2) is 24.0 Å². The molecule has 0 saturated carbocycles. The zero-order valence-corrected chi connectivity index (χ0v) is 12.0. The highest BCUT2D eigenvalue weighted by Crippen LogP contribution is 2.30. The highest BCUT2D eigenvalue weighted by molar-refractivity contribution is 5.82. The van der Waals surface area contributed by atoms with Gasteiger partial charge in [0.1, 0.15) is 5.76 Å². The van der Waals surface area contributed by atoms with Gasteiger partial charge in [0.05, 0.1) is 17.7 Å². The fourth-order valence-corrected chi connectivity index (χ4v) is 2.58. The molecule has 106 valence electrons. The van der Waals surface area contributed by atoms with Crippen LogP contribution in [0.2, 0.25) is 0 Å². The monoisotopic (exact) mass is 265 g/mol. The first-order chi connectivity index (χ1) is 9.07. The summed E-state index contributed by atoms with van der Waals surface area (Å²) < 4.78 is 5.48. The van der Waals surface area contributed by atoms with E-state index in [4.69, 9.17) is 4.42 Å². The Hall–Kier alpha value is -1.36. The predicted octanol–water partition coefficient (Wildman–Crippen LogP) is 1.69. The van der Waals surface area contributed by atoms with Crippen molar-refractivity contribution in [1.82, 2.24) is 15.6 Å². The molecule has 1 saturated heterocycles. The topological polar surface area (TPSA) is 67.2 Å². The van der Waals surface area contributed by atoms with Crippen LogP contribution in [0.25, 0.3) is 0 Å². The van der Waals surface area contributed by atoms with Gasteiger partial charge in [-0.2, -0.15) is 0 Å². The van der Waals surface area contributed by atoms with E-state index < -0.39 is 0 Å². The molecule has 1 aromatic heterocycles. The fourth-order valence-electron chi connectivity index (χ4n) is 2.58. The average Bonchev–Trinajstić information content (AvgIpc) is 2.76. The van der Waals surface area contributed by atoms with E-state index in [1.165, 1.54) is 0 Å². The van der Waals surface area contributed by atoms with Gasteiger partial charge in [-0.3, -0.25) is 4.79 Å². The van der Waals surface area contributed by atoms with Crippen molar-refractivity contribution in [2.24, 2.45) is 5.41 Å². The van der Waals surface area contributed by atoms with E-state index in [0.717, 1.165) is 43.8 Å². The number of oxazole rings is 1. The van der Waals surface area contributed by atoms with Gasteiger partial charge in [-0.25, -0.2) is 4.98 Å². The summed E-state index contributed by atoms with van der Waals surface area (Å²) in [4.78, 5) is 16.7. The number of nitrogens with one attached hydrogen (secondary N) is 2. The van der Waals surface area contributed by atoms with Crippen LogP contribution in [0.15, 0.2) is 4.42 Å². The third kappa shape index (κ3) is 2.97. The highest BCUT2D eigenvalue weighted by Gasteiger charge is 2.37. The molecule has 19 heavy (non-hydrogen) atoms. The molecule has 1 aliphatic heterocycles. The summed E-state index contributed by atoms with van der Waals surface area (Å²) in [5.41, 5.74) is 0.614. The summed E-state index contributed by atoms with van der Waals surface area (Å²) in [6.07, 6.45) is 2.86. The number of aryl methyl sites for hydroxylation is 2. The number of hydrogen-bond acceptors (Lipinski definition) is 4. The Kier molecular flexibility index (Phi) is 4.24. The molecular formula is C14H23N3O2. The first-order valence-corrected chi connectivity index (χ1v) is 6.99. The van der Waals surface area contributed by atoms with Gasteiger partial charge in [0.25, 0.3) is 0 Å². The molecule has 2 heterocycles. The number of hydrogen-bond donors (Lipinski definition) is 2. The summed E-state index contributed by atoms with van der Waals surface area (Å²) in [7, 11) is 0. The number of piperidine rings is 1. The maximum Gasteiger partial charge on any atom is 0.227 e. The molecule has 0 aromatic carbocycles. The standard InChI is InChI=1S/C14H23N3O2/c1-4-14(6-5-7-15-9-14)13(18)16-8-12-17-10(2)11(3)19-12/h15H,4-9H2,1-3H3,(H,16,18). The number of carbonyl (C=O) groups excluding carboxylic acids is 1. The molecule has 0 aliphatic carbocycles. The zero-order chi connectivity index (χ0) is 13.9. The summed E-state index contributed by atoms with van der Waals surface area (Å²) in [6.45, 7) is 8.00. The fraction of sp³-hybridized carbons (Fsp3) is 0.714. The molecule has 0 bridgehead atoms. The molecule has 1 amide bonds. The first-order valence-electron chi connectivity index (χ1n) is 6.99. The SMILES string of the molecule is CCC1(C(=O)NCc2nc(C)c(C)o2)CCCNC1. The molecule has 2 N–H and O–H groups in total. The molecule has 5 heteroatoms. The van der Waals surface area contributed by atoms with Gasteiger partial charge in [-0.1, -0.05) is 6.92 Å². The summed E-state index contributed by atoms with van der Waals surface area (Å²) >= 11 is 0. The Balaban J connectivity index is 1.96. The second kappa shape index (κ2) is 5.74. The Labute approximate surface area is 114 Å². The molecule has 1 atom stereocenters. The summed E-state index contributed by atoms with van der Waals surface area (Å²) in [5.74, 6) is 1.50. The van der Waals surface area contributed by atoms with E-state index in [0.29, 0.717) is 12.4 Å². The average molecular weight is 265 g/mol. The van der Waals surface area contributed by atoms with Crippen LogP contribution < -0.4 is 10.6 Å². The van der Waals surface area contributed by atoms with Crippen molar-refractivity contribution >= 4 is 5.91 Å². The molecule has 1 fully saturated rings. The van der Waals surface area contributed by atoms with Gasteiger partial charge >= 0.3 is 0 Å². The van der Waals surface area contributed by atoms with Crippen LogP contribution in [0.4, 0.5) is 0 Å². The van der Waals surface area contributed by atoms with Gasteiger partial charge < -0.3 is 15.1 Å². The second-order valence-electron chi connectivity index (χ2n) is 5.35. The van der Waals surface area contributed by atoms with Crippen LogP contribution in [0.3, 0.4) is 0 Å². The zero-order valence-electron chi connectivity index (χ0n) is 12.0. The van der Waals surface area contributed by atoms with Crippen LogP contribution in [0, 0.1) is 19.3 Å². The third-order valence-corrected chi connectivity index (χ3v) is 4.10. The molecular weight excluding hydrogens is 242 g/mol. The number of rotatable bonds is 4. The van der Waals surface area contributed by atoms with Crippen LogP contribution in [-0.2, 0) is 11.3 Å². The molecule has 0 spiro atoms. The van der Waals surface area contributed by atoms with Crippen molar-refractivity contribution in [2.45, 2.75) is 46.6 Å². The van der Waals surface area contributed by atoms with E-state index in [1.54, 1.807) is 0 Å². The molecule has 1 aromatic rings. The van der Waals surface area contributed by atoms with Crippen molar-refractivity contribution < 1.29 is 9.21 Å². The van der Waals surface area contributed by atoms with E-state index >= 15 is 0 Å². The van der Waals surface area contributed by atoms with Crippen molar-refractivity contribution in [2.75, 3.05) is 13.1 Å². The summed E-state index contributed by atoms with van der Waals surface area (Å²) in [6, 6.07) is 0. The van der Waals surface area contributed by atoms with Gasteiger partial charge in [-0.15, -0.1) is 0 Å². The molecule has 5 nitrogen and oxygen atoms in total. The Morgan fingerprint density at radius 3 is 2.84 bits per heavy atom. The number of aromatic nitrogens is 1. The van der Waals surface area contributed by atoms with E-state index in [-0.39, 0.29) is 11.3 Å². The summed E-state index contributed by atoms with van der Waals surface area (Å²) in [5, 5.41) is 6.28. The molecule has 0 radical (unpaired) electrons. The predicted molar refractivity (Wildman–Crippen MR) is 72.7 cm³/mol. The molecule has 1 unspecified atom stereocenters. The van der Waals surface area contributed by atoms with Gasteiger partial charge in [0.2, 0.25) is 11.8 Å². The van der Waals surface area contributed by atoms with Crippen LogP contribution in [0.5, 0.6) is 0 Å². The number of amides is 1.